The van der Waals surface area contributed by atoms with Crippen LogP contribution in [0.1, 0.15) is 35.4 Å². The highest BCUT2D eigenvalue weighted by molar-refractivity contribution is 9.10. The van der Waals surface area contributed by atoms with E-state index in [1.807, 2.05) is 30.3 Å². The molecule has 0 bridgehead atoms. The van der Waals surface area contributed by atoms with Gasteiger partial charge in [0, 0.05) is 20.9 Å². The summed E-state index contributed by atoms with van der Waals surface area (Å²) in [4.78, 5) is 0. The van der Waals surface area contributed by atoms with Crippen molar-refractivity contribution in [3.8, 4) is 11.5 Å². The van der Waals surface area contributed by atoms with Crippen LogP contribution in [-0.2, 0) is 0 Å². The van der Waals surface area contributed by atoms with Crippen LogP contribution in [0.3, 0.4) is 0 Å². The molecule has 6 heteroatoms. The zero-order valence-corrected chi connectivity index (χ0v) is 21.0. The monoisotopic (exact) mass is 562 g/mol. The topological polar surface area (TPSA) is 34.1 Å². The van der Waals surface area contributed by atoms with Crippen LogP contribution in [0.25, 0.3) is 10.8 Å². The number of rotatable bonds is 3. The van der Waals surface area contributed by atoms with E-state index >= 15 is 0 Å². The lowest BCUT2D eigenvalue weighted by molar-refractivity contribution is -0.0204. The van der Waals surface area contributed by atoms with Crippen LogP contribution >= 0.6 is 31.9 Å². The average Bonchev–Trinajstić information content (AvgIpc) is 3.29. The highest BCUT2D eigenvalue weighted by Crippen LogP contribution is 2.49. The Morgan fingerprint density at radius 1 is 0.879 bits per heavy atom. The Bertz CT molecular complexity index is 1420. The molecule has 164 valence electrons. The molecule has 0 saturated carbocycles. The molecule has 2 heterocycles. The molecule has 2 atom stereocenters. The van der Waals surface area contributed by atoms with Crippen LogP contribution in [0, 0.1) is 0 Å². The molecule has 4 nitrogen and oxygen atoms in total. The van der Waals surface area contributed by atoms with E-state index in [1.54, 1.807) is 7.11 Å². The maximum absolute atomic E-state index is 6.54. The Morgan fingerprint density at radius 2 is 1.64 bits per heavy atom. The number of hydrazone groups is 1. The van der Waals surface area contributed by atoms with E-state index < -0.39 is 6.23 Å². The van der Waals surface area contributed by atoms with Gasteiger partial charge in [0.05, 0.1) is 24.4 Å². The first-order chi connectivity index (χ1) is 16.1. The molecule has 0 unspecified atom stereocenters. The summed E-state index contributed by atoms with van der Waals surface area (Å²) in [7, 11) is 1.69. The number of hydrogen-bond acceptors (Lipinski definition) is 4. The third-order valence-corrected chi connectivity index (χ3v) is 7.28. The summed E-state index contributed by atoms with van der Waals surface area (Å²) >= 11 is 7.24. The molecule has 33 heavy (non-hydrogen) atoms. The van der Waals surface area contributed by atoms with Crippen LogP contribution in [-0.4, -0.2) is 17.8 Å². The van der Waals surface area contributed by atoms with Crippen molar-refractivity contribution in [2.75, 3.05) is 7.11 Å². The van der Waals surface area contributed by atoms with Gasteiger partial charge in [0.25, 0.3) is 0 Å². The molecule has 0 saturated heterocycles. The lowest BCUT2D eigenvalue weighted by Crippen LogP contribution is -2.34. The molecule has 4 aromatic rings. The lowest BCUT2D eigenvalue weighted by atomic mass is 9.95. The molecule has 0 N–H and O–H groups in total. The summed E-state index contributed by atoms with van der Waals surface area (Å²) < 4.78 is 14.2. The molecule has 0 radical (unpaired) electrons. The largest absolute Gasteiger partial charge is 0.496 e. The molecule has 0 spiro atoms. The number of benzene rings is 4. The molecular weight excluding hydrogens is 544 g/mol. The molecule has 0 amide bonds. The second kappa shape index (κ2) is 8.19. The van der Waals surface area contributed by atoms with Gasteiger partial charge in [-0.15, -0.1) is 0 Å². The zero-order valence-electron chi connectivity index (χ0n) is 17.8. The number of hydrogen-bond donors (Lipinski definition) is 0. The third-order valence-electron chi connectivity index (χ3n) is 6.29. The van der Waals surface area contributed by atoms with Gasteiger partial charge in [-0.05, 0) is 58.8 Å². The molecule has 4 aromatic carbocycles. The third kappa shape index (κ3) is 3.62. The van der Waals surface area contributed by atoms with Crippen LogP contribution in [0.5, 0.6) is 11.5 Å². The Morgan fingerprint density at radius 3 is 2.45 bits per heavy atom. The molecule has 0 aromatic heterocycles. The predicted octanol–water partition coefficient (Wildman–Crippen LogP) is 7.62. The molecule has 2 aliphatic rings. The van der Waals surface area contributed by atoms with Crippen LogP contribution in [0.2, 0.25) is 0 Å². The van der Waals surface area contributed by atoms with Gasteiger partial charge in [-0.3, -0.25) is 0 Å². The normalized spacial score (nSPS) is 19.0. The summed E-state index contributed by atoms with van der Waals surface area (Å²) in [6, 6.07) is 27.2. The number of ether oxygens (including phenoxy) is 2. The fourth-order valence-electron chi connectivity index (χ4n) is 4.70. The van der Waals surface area contributed by atoms with Crippen molar-refractivity contribution in [1.82, 2.24) is 5.01 Å². The molecule has 2 aliphatic heterocycles. The first-order valence-electron chi connectivity index (χ1n) is 10.8. The Balaban J connectivity index is 1.48. The number of fused-ring (bicyclic) bond motifs is 4. The van der Waals surface area contributed by atoms with Gasteiger partial charge >= 0.3 is 0 Å². The Labute approximate surface area is 209 Å². The van der Waals surface area contributed by atoms with Crippen LogP contribution in [0.15, 0.2) is 92.9 Å². The van der Waals surface area contributed by atoms with Crippen molar-refractivity contribution in [3.63, 3.8) is 0 Å². The summed E-state index contributed by atoms with van der Waals surface area (Å²) in [5.41, 5.74) is 4.27. The van der Waals surface area contributed by atoms with E-state index in [9.17, 15) is 0 Å². The predicted molar refractivity (Wildman–Crippen MR) is 138 cm³/mol. The minimum absolute atomic E-state index is 0.0707. The van der Waals surface area contributed by atoms with Gasteiger partial charge in [-0.1, -0.05) is 68.3 Å². The number of methoxy groups -OCH3 is 1. The maximum atomic E-state index is 6.54. The highest BCUT2D eigenvalue weighted by atomic mass is 79.9. The summed E-state index contributed by atoms with van der Waals surface area (Å²) in [6.45, 7) is 0. The maximum Gasteiger partial charge on any atom is 0.217 e. The van der Waals surface area contributed by atoms with Crippen molar-refractivity contribution >= 4 is 48.3 Å². The first-order valence-corrected chi connectivity index (χ1v) is 12.3. The molecular formula is C27H20Br2N2O2. The van der Waals surface area contributed by atoms with E-state index in [4.69, 9.17) is 14.6 Å². The van der Waals surface area contributed by atoms with E-state index in [1.165, 1.54) is 10.8 Å². The van der Waals surface area contributed by atoms with Crippen LogP contribution < -0.4 is 9.47 Å². The summed E-state index contributed by atoms with van der Waals surface area (Å²) in [5, 5.41) is 9.65. The molecule has 0 fully saturated rings. The van der Waals surface area contributed by atoms with Crippen molar-refractivity contribution in [1.29, 1.82) is 0 Å². The zero-order chi connectivity index (χ0) is 22.5. The lowest BCUT2D eigenvalue weighted by Gasteiger charge is -2.38. The van der Waals surface area contributed by atoms with E-state index in [0.29, 0.717) is 0 Å². The Kier molecular flexibility index (Phi) is 5.15. The van der Waals surface area contributed by atoms with E-state index in [-0.39, 0.29) is 6.04 Å². The second-order valence-electron chi connectivity index (χ2n) is 8.25. The quantitative estimate of drug-likeness (QED) is 0.257. The fourth-order valence-corrected chi connectivity index (χ4v) is 5.46. The average molecular weight is 564 g/mol. The van der Waals surface area contributed by atoms with Gasteiger partial charge in [0.2, 0.25) is 6.23 Å². The van der Waals surface area contributed by atoms with Gasteiger partial charge in [0.15, 0.2) is 0 Å². The first kappa shape index (κ1) is 20.8. The smallest absolute Gasteiger partial charge is 0.217 e. The summed E-state index contributed by atoms with van der Waals surface area (Å²) in [5.74, 6) is 1.65. The minimum Gasteiger partial charge on any atom is -0.496 e. The second-order valence-corrected chi connectivity index (χ2v) is 10.1. The molecule has 6 rings (SSSR count). The van der Waals surface area contributed by atoms with E-state index in [0.717, 1.165) is 49.3 Å². The van der Waals surface area contributed by atoms with Gasteiger partial charge < -0.3 is 9.47 Å². The van der Waals surface area contributed by atoms with Crippen molar-refractivity contribution in [2.24, 2.45) is 5.10 Å². The number of halogens is 2. The Hall–Kier alpha value is -2.83. The van der Waals surface area contributed by atoms with Crippen LogP contribution in [0.4, 0.5) is 0 Å². The van der Waals surface area contributed by atoms with Gasteiger partial charge in [0.1, 0.15) is 11.5 Å². The van der Waals surface area contributed by atoms with Gasteiger partial charge in [-0.2, -0.15) is 5.10 Å². The van der Waals surface area contributed by atoms with Crippen molar-refractivity contribution in [2.45, 2.75) is 18.7 Å². The van der Waals surface area contributed by atoms with Crippen molar-refractivity contribution < 1.29 is 9.47 Å². The highest BCUT2D eigenvalue weighted by Gasteiger charge is 2.42. The molecule has 0 aliphatic carbocycles. The van der Waals surface area contributed by atoms with E-state index in [2.05, 4.69) is 85.4 Å². The standard InChI is InChI=1S/C27H20Br2N2O2/c1-32-25-10-8-20(29)14-22(25)27-31-24(21-13-19(28)9-11-26(21)33-27)15-23(30-31)18-7-6-16-4-2-3-5-17(16)12-18/h2-14,24,27H,15H2,1H3/t24-,27+/m0/s1. The SMILES string of the molecule is COc1ccc(Br)cc1[C@H]1Oc2ccc(Br)cc2[C@@H]2CC(c3ccc4ccccc4c3)=NN12. The van der Waals surface area contributed by atoms with Gasteiger partial charge in [-0.25, -0.2) is 5.01 Å². The summed E-state index contributed by atoms with van der Waals surface area (Å²) in [6.07, 6.45) is 0.409. The van der Waals surface area contributed by atoms with Crippen molar-refractivity contribution in [3.05, 3.63) is 104 Å². The fraction of sp³-hybridized carbons (Fsp3) is 0.148. The number of nitrogens with zero attached hydrogens (tertiary/aromatic N) is 2. The minimum atomic E-state index is -0.394.